The first-order valence-electron chi connectivity index (χ1n) is 6.62. The second-order valence-corrected chi connectivity index (χ2v) is 5.12. The van der Waals surface area contributed by atoms with Crippen molar-refractivity contribution in [3.63, 3.8) is 0 Å². The lowest BCUT2D eigenvalue weighted by Crippen LogP contribution is -2.41. The molecule has 2 N–H and O–H groups in total. The first kappa shape index (κ1) is 14.9. The molecule has 1 aromatic carbocycles. The van der Waals surface area contributed by atoms with Crippen molar-refractivity contribution in [3.05, 3.63) is 29.8 Å². The van der Waals surface area contributed by atoms with Crippen molar-refractivity contribution in [2.45, 2.75) is 19.4 Å². The predicted molar refractivity (Wildman–Crippen MR) is 71.2 cm³/mol. The van der Waals surface area contributed by atoms with E-state index >= 15 is 0 Å². The molecule has 0 aromatic heterocycles. The third-order valence-electron chi connectivity index (χ3n) is 3.69. The summed E-state index contributed by atoms with van der Waals surface area (Å²) in [6, 6.07) is 2.62. The first-order valence-corrected chi connectivity index (χ1v) is 6.62. The van der Waals surface area contributed by atoms with E-state index in [0.29, 0.717) is 6.54 Å². The van der Waals surface area contributed by atoms with E-state index in [1.54, 1.807) is 6.92 Å². The summed E-state index contributed by atoms with van der Waals surface area (Å²) in [4.78, 5) is 14.0. The first-order chi connectivity index (χ1) is 9.51. The fraction of sp³-hybridized carbons (Fsp3) is 0.500. The number of hydrogen-bond acceptors (Lipinski definition) is 3. The van der Waals surface area contributed by atoms with Gasteiger partial charge in [-0.25, -0.2) is 8.78 Å². The number of nitrogens with zero attached hydrogens (tertiary/aromatic N) is 1. The van der Waals surface area contributed by atoms with Gasteiger partial charge in [0.25, 0.3) is 0 Å². The van der Waals surface area contributed by atoms with Crippen LogP contribution >= 0.6 is 0 Å². The number of halogens is 2. The molecule has 0 aliphatic carbocycles. The number of nitrogens with one attached hydrogen (secondary N) is 1. The average Bonchev–Trinajstić information content (AvgIpc) is 2.89. The number of anilines is 1. The van der Waals surface area contributed by atoms with Crippen molar-refractivity contribution in [2.24, 2.45) is 5.92 Å². The molecule has 1 aliphatic heterocycles. The third kappa shape index (κ3) is 3.32. The molecule has 6 heteroatoms. The minimum atomic E-state index is -0.791. The minimum Gasteiger partial charge on any atom is -0.396 e. The fourth-order valence-corrected chi connectivity index (χ4v) is 2.36. The highest BCUT2D eigenvalue weighted by molar-refractivity contribution is 5.94. The highest BCUT2D eigenvalue weighted by Gasteiger charge is 2.29. The van der Waals surface area contributed by atoms with Gasteiger partial charge in [0, 0.05) is 19.2 Å². The Morgan fingerprint density at radius 3 is 2.90 bits per heavy atom. The number of aliphatic hydroxyl groups excluding tert-OH is 1. The van der Waals surface area contributed by atoms with E-state index in [1.165, 1.54) is 6.07 Å². The molecule has 1 saturated heterocycles. The minimum absolute atomic E-state index is 0.0267. The van der Waals surface area contributed by atoms with Gasteiger partial charge in [0.15, 0.2) is 0 Å². The number of likely N-dealkylation sites (tertiary alicyclic amines) is 1. The van der Waals surface area contributed by atoms with Crippen LogP contribution in [-0.4, -0.2) is 41.7 Å². The van der Waals surface area contributed by atoms with Gasteiger partial charge in [-0.1, -0.05) is 0 Å². The summed E-state index contributed by atoms with van der Waals surface area (Å²) in [5.41, 5.74) is -0.0267. The Kier molecular flexibility index (Phi) is 4.67. The number of aliphatic hydroxyl groups is 1. The lowest BCUT2D eigenvalue weighted by molar-refractivity contribution is -0.120. The molecule has 0 spiro atoms. The van der Waals surface area contributed by atoms with Crippen LogP contribution in [0.5, 0.6) is 0 Å². The summed E-state index contributed by atoms with van der Waals surface area (Å²) in [6.07, 6.45) is 0.846. The number of carbonyl (C=O) groups is 1. The van der Waals surface area contributed by atoms with Gasteiger partial charge in [0.05, 0.1) is 11.7 Å². The fourth-order valence-electron chi connectivity index (χ4n) is 2.36. The van der Waals surface area contributed by atoms with Crippen LogP contribution in [0.25, 0.3) is 0 Å². The zero-order chi connectivity index (χ0) is 14.7. The number of amides is 1. The molecule has 0 saturated carbocycles. The Morgan fingerprint density at radius 2 is 2.30 bits per heavy atom. The molecule has 1 aromatic rings. The predicted octanol–water partition coefficient (Wildman–Crippen LogP) is 1.61. The zero-order valence-electron chi connectivity index (χ0n) is 11.3. The van der Waals surface area contributed by atoms with Crippen LogP contribution < -0.4 is 5.32 Å². The van der Waals surface area contributed by atoms with E-state index in [4.69, 9.17) is 5.11 Å². The maximum Gasteiger partial charge on any atom is 0.241 e. The second-order valence-electron chi connectivity index (χ2n) is 5.12. The second kappa shape index (κ2) is 6.28. The summed E-state index contributed by atoms with van der Waals surface area (Å²) >= 11 is 0. The topological polar surface area (TPSA) is 52.6 Å². The molecule has 2 atom stereocenters. The van der Waals surface area contributed by atoms with Gasteiger partial charge in [-0.3, -0.25) is 9.69 Å². The highest BCUT2D eigenvalue weighted by Crippen LogP contribution is 2.20. The number of hydrogen-bond donors (Lipinski definition) is 2. The van der Waals surface area contributed by atoms with E-state index in [2.05, 4.69) is 5.32 Å². The number of benzene rings is 1. The molecule has 2 unspecified atom stereocenters. The summed E-state index contributed by atoms with van der Waals surface area (Å²) in [5, 5.41) is 11.6. The summed E-state index contributed by atoms with van der Waals surface area (Å²) in [6.45, 7) is 3.22. The van der Waals surface area contributed by atoms with E-state index in [0.717, 1.165) is 25.1 Å². The monoisotopic (exact) mass is 284 g/mol. The van der Waals surface area contributed by atoms with Crippen molar-refractivity contribution < 1.29 is 18.7 Å². The van der Waals surface area contributed by atoms with Gasteiger partial charge in [0.2, 0.25) is 5.91 Å². The normalized spacial score (nSPS) is 20.9. The van der Waals surface area contributed by atoms with Crippen LogP contribution in [0.3, 0.4) is 0 Å². The van der Waals surface area contributed by atoms with Crippen molar-refractivity contribution in [1.82, 2.24) is 4.90 Å². The van der Waals surface area contributed by atoms with Crippen molar-refractivity contribution in [2.75, 3.05) is 25.0 Å². The molecule has 1 amide bonds. The Morgan fingerprint density at radius 1 is 1.55 bits per heavy atom. The number of carbonyl (C=O) groups excluding carboxylic acids is 1. The molecular formula is C14H18F2N2O2. The van der Waals surface area contributed by atoms with Crippen LogP contribution in [0.2, 0.25) is 0 Å². The summed E-state index contributed by atoms with van der Waals surface area (Å²) < 4.78 is 26.3. The molecule has 4 nitrogen and oxygen atoms in total. The number of rotatable bonds is 4. The van der Waals surface area contributed by atoms with E-state index < -0.39 is 17.7 Å². The maximum atomic E-state index is 13.5. The molecule has 1 heterocycles. The van der Waals surface area contributed by atoms with Gasteiger partial charge in [0.1, 0.15) is 11.6 Å². The average molecular weight is 284 g/mol. The third-order valence-corrected chi connectivity index (χ3v) is 3.69. The Hall–Kier alpha value is -1.53. The van der Waals surface area contributed by atoms with Crippen LogP contribution in [-0.2, 0) is 4.79 Å². The molecule has 110 valence electrons. The molecule has 20 heavy (non-hydrogen) atoms. The highest BCUT2D eigenvalue weighted by atomic mass is 19.1. The molecule has 1 fully saturated rings. The lowest BCUT2D eigenvalue weighted by atomic mass is 10.1. The largest absolute Gasteiger partial charge is 0.396 e. The zero-order valence-corrected chi connectivity index (χ0v) is 11.3. The van der Waals surface area contributed by atoms with Crippen LogP contribution in [0.15, 0.2) is 18.2 Å². The Labute approximate surface area is 116 Å². The van der Waals surface area contributed by atoms with E-state index in [9.17, 15) is 13.6 Å². The van der Waals surface area contributed by atoms with Gasteiger partial charge in [-0.05, 0) is 37.9 Å². The van der Waals surface area contributed by atoms with Crippen molar-refractivity contribution in [1.29, 1.82) is 0 Å². The Bertz CT molecular complexity index is 496. The molecule has 0 bridgehead atoms. The van der Waals surface area contributed by atoms with E-state index in [-0.39, 0.29) is 24.1 Å². The van der Waals surface area contributed by atoms with E-state index in [1.807, 2.05) is 4.90 Å². The molecular weight excluding hydrogens is 266 g/mol. The quantitative estimate of drug-likeness (QED) is 0.883. The van der Waals surface area contributed by atoms with Crippen molar-refractivity contribution in [3.8, 4) is 0 Å². The molecule has 0 radical (unpaired) electrons. The van der Waals surface area contributed by atoms with Crippen LogP contribution in [0.1, 0.15) is 13.3 Å². The van der Waals surface area contributed by atoms with Crippen LogP contribution in [0, 0.1) is 17.6 Å². The lowest BCUT2D eigenvalue weighted by Gasteiger charge is -2.23. The summed E-state index contributed by atoms with van der Waals surface area (Å²) in [7, 11) is 0. The van der Waals surface area contributed by atoms with Crippen LogP contribution in [0.4, 0.5) is 14.5 Å². The smallest absolute Gasteiger partial charge is 0.241 e. The van der Waals surface area contributed by atoms with Crippen molar-refractivity contribution >= 4 is 11.6 Å². The van der Waals surface area contributed by atoms with Gasteiger partial charge < -0.3 is 10.4 Å². The Balaban J connectivity index is 1.97. The molecule has 2 rings (SSSR count). The van der Waals surface area contributed by atoms with Gasteiger partial charge in [-0.2, -0.15) is 0 Å². The summed E-state index contributed by atoms with van der Waals surface area (Å²) in [5.74, 6) is -1.62. The van der Waals surface area contributed by atoms with Gasteiger partial charge in [-0.15, -0.1) is 0 Å². The standard InChI is InChI=1S/C14H18F2N2O2/c1-9(18-5-4-10(7-18)8-19)14(20)17-13-3-2-11(15)6-12(13)16/h2-3,6,9-10,19H,4-5,7-8H2,1H3,(H,17,20). The molecule has 1 aliphatic rings. The van der Waals surface area contributed by atoms with Gasteiger partial charge >= 0.3 is 0 Å². The maximum absolute atomic E-state index is 13.5. The SMILES string of the molecule is CC(C(=O)Nc1ccc(F)cc1F)N1CCC(CO)C1.